The lowest BCUT2D eigenvalue weighted by Crippen LogP contribution is -2.62. The van der Waals surface area contributed by atoms with Crippen molar-refractivity contribution in [3.05, 3.63) is 113 Å². The van der Waals surface area contributed by atoms with Gasteiger partial charge in [-0.2, -0.15) is 19.5 Å². The molecule has 346 valence electrons. The zero-order valence-corrected chi connectivity index (χ0v) is 39.1. The SMILES string of the molecule is COc1ncc(Cl)cc1-c1cc(N2CCOCC2)nc2c(-c3ccn[nH]3)nccc12.Cc1ccc2c(c1)C=C(c1cc(N3CCOCC3)nc3c(-c4ccn[nH]4)nccc13)[N+]2(C(=O)O)C(C)(C)C. The topological polar surface area (TPSA) is 193 Å². The Kier molecular flexibility index (Phi) is 11.8. The van der Waals surface area contributed by atoms with Gasteiger partial charge in [0.15, 0.2) is 11.4 Å². The van der Waals surface area contributed by atoms with Crippen LogP contribution in [0.25, 0.3) is 67.5 Å². The Hall–Kier alpha value is -7.31. The van der Waals surface area contributed by atoms with E-state index in [0.29, 0.717) is 67.3 Å². The molecule has 1 amide bonds. The quantitative estimate of drug-likeness (QED) is 0.128. The number of hydrogen-bond acceptors (Lipinski definition) is 13. The van der Waals surface area contributed by atoms with Crippen LogP contribution in [0.3, 0.4) is 0 Å². The molecule has 2 saturated heterocycles. The van der Waals surface area contributed by atoms with Crippen LogP contribution >= 0.6 is 11.6 Å². The maximum Gasteiger partial charge on any atom is 0.524 e. The van der Waals surface area contributed by atoms with Crippen molar-refractivity contribution in [1.82, 2.24) is 49.8 Å². The van der Waals surface area contributed by atoms with Gasteiger partial charge in [-0.05, 0) is 76.2 Å². The molecular formula is C50H50ClN12O5+. The molecule has 10 heterocycles. The number of fused-ring (bicyclic) bond motifs is 3. The van der Waals surface area contributed by atoms with Gasteiger partial charge in [-0.1, -0.05) is 23.2 Å². The predicted octanol–water partition coefficient (Wildman–Crippen LogP) is 9.04. The maximum absolute atomic E-state index is 13.4. The molecule has 3 N–H and O–H groups in total. The summed E-state index contributed by atoms with van der Waals surface area (Å²) in [5, 5.41) is 27.5. The molecule has 1 aromatic carbocycles. The number of morpholine rings is 2. The van der Waals surface area contributed by atoms with Crippen LogP contribution < -0.4 is 19.0 Å². The largest absolute Gasteiger partial charge is 0.524 e. The van der Waals surface area contributed by atoms with Gasteiger partial charge >= 0.3 is 6.09 Å². The first-order valence-electron chi connectivity index (χ1n) is 22.4. The molecular weight excluding hydrogens is 884 g/mol. The molecule has 0 saturated carbocycles. The molecule has 7 aromatic heterocycles. The van der Waals surface area contributed by atoms with E-state index in [1.165, 1.54) is 0 Å². The third-order valence-corrected chi connectivity index (χ3v) is 12.9. The number of H-pyrrole nitrogens is 2. The fourth-order valence-corrected chi connectivity index (χ4v) is 9.67. The van der Waals surface area contributed by atoms with Gasteiger partial charge in [0.2, 0.25) is 5.88 Å². The monoisotopic (exact) mass is 933 g/mol. The molecule has 0 bridgehead atoms. The number of carbonyl (C=O) groups is 1. The predicted molar refractivity (Wildman–Crippen MR) is 264 cm³/mol. The van der Waals surface area contributed by atoms with Crippen LogP contribution in [-0.2, 0) is 9.47 Å². The van der Waals surface area contributed by atoms with Crippen LogP contribution in [0.15, 0.2) is 91.6 Å². The van der Waals surface area contributed by atoms with Crippen molar-refractivity contribution in [2.24, 2.45) is 0 Å². The number of rotatable bonds is 7. The van der Waals surface area contributed by atoms with Gasteiger partial charge < -0.3 is 29.1 Å². The number of hydrogen-bond donors (Lipinski definition) is 3. The van der Waals surface area contributed by atoms with E-state index >= 15 is 0 Å². The molecule has 2 fully saturated rings. The highest BCUT2D eigenvalue weighted by atomic mass is 35.5. The molecule has 3 aliphatic heterocycles. The number of aromatic nitrogens is 9. The standard InChI is InChI=1S/C29H30N6O3.C21H19ClN6O2/c1-18-5-6-23-19(15-18)16-24(35(23,28(36)37)29(2,3)4)21-17-25(34-11-13-38-14-12-34)32-26-20(21)7-9-30-27(26)22-8-10-31-33-22;1-29-21-16(10-13(22)12-24-21)15-11-18(28-6-8-30-9-7-28)26-19-14(15)2-4-23-20(19)17-3-5-25-27-17/h5-10,15-17H,11-14H2,1-4H3,(H-,30,31,33,36,37);2-5,10-12H,6-9H2,1H3,(H,25,27)/p+1. The van der Waals surface area contributed by atoms with Gasteiger partial charge in [-0.15, -0.1) is 0 Å². The first kappa shape index (κ1) is 44.5. The molecule has 17 nitrogen and oxygen atoms in total. The van der Waals surface area contributed by atoms with E-state index in [-0.39, 0.29) is 4.48 Å². The summed E-state index contributed by atoms with van der Waals surface area (Å²) in [5.74, 6) is 2.12. The number of pyridine rings is 5. The number of ether oxygens (including phenoxy) is 3. The second-order valence-electron chi connectivity index (χ2n) is 17.7. The Morgan fingerprint density at radius 3 is 1.81 bits per heavy atom. The number of quaternary nitrogens is 1. The lowest BCUT2D eigenvalue weighted by atomic mass is 9.95. The molecule has 11 rings (SSSR count). The van der Waals surface area contributed by atoms with E-state index in [1.54, 1.807) is 38.1 Å². The summed E-state index contributed by atoms with van der Waals surface area (Å²) in [6.07, 6.45) is 9.59. The highest BCUT2D eigenvalue weighted by molar-refractivity contribution is 6.30. The average Bonchev–Trinajstić information content (AvgIpc) is 4.16. The third-order valence-electron chi connectivity index (χ3n) is 12.7. The molecule has 0 aliphatic carbocycles. The number of nitrogens with zero attached hydrogens (tertiary/aromatic N) is 10. The first-order chi connectivity index (χ1) is 33.0. The zero-order valence-electron chi connectivity index (χ0n) is 38.3. The highest BCUT2D eigenvalue weighted by Crippen LogP contribution is 2.52. The summed E-state index contributed by atoms with van der Waals surface area (Å²) >= 11 is 6.29. The molecule has 0 spiro atoms. The molecule has 3 aliphatic rings. The van der Waals surface area contributed by atoms with Gasteiger partial charge in [-0.3, -0.25) is 20.2 Å². The van der Waals surface area contributed by atoms with Crippen LogP contribution in [0.4, 0.5) is 22.1 Å². The van der Waals surface area contributed by atoms with E-state index in [1.807, 2.05) is 82.3 Å². The van der Waals surface area contributed by atoms with Gasteiger partial charge in [-0.25, -0.2) is 15.0 Å². The lowest BCUT2D eigenvalue weighted by molar-refractivity contribution is 0.122. The molecule has 68 heavy (non-hydrogen) atoms. The van der Waals surface area contributed by atoms with Crippen molar-refractivity contribution in [3.8, 4) is 39.8 Å². The van der Waals surface area contributed by atoms with E-state index in [9.17, 15) is 9.90 Å². The minimum absolute atomic E-state index is 0.327. The number of carboxylic acid groups (broad SMARTS) is 1. The Labute approximate surface area is 397 Å². The van der Waals surface area contributed by atoms with Gasteiger partial charge in [0.1, 0.15) is 39.6 Å². The summed E-state index contributed by atoms with van der Waals surface area (Å²) < 4.78 is 16.3. The van der Waals surface area contributed by atoms with Crippen LogP contribution in [0.1, 0.15) is 37.5 Å². The normalized spacial score (nSPS) is 17.2. The minimum Gasteiger partial charge on any atom is -0.481 e. The number of nitrogens with one attached hydrogen (secondary N) is 2. The fourth-order valence-electron chi connectivity index (χ4n) is 9.52. The highest BCUT2D eigenvalue weighted by Gasteiger charge is 2.58. The van der Waals surface area contributed by atoms with E-state index in [2.05, 4.69) is 57.3 Å². The van der Waals surface area contributed by atoms with Crippen molar-refractivity contribution in [1.29, 1.82) is 0 Å². The molecule has 18 heteroatoms. The van der Waals surface area contributed by atoms with Crippen LogP contribution in [-0.4, -0.2) is 122 Å². The number of amides is 1. The third kappa shape index (κ3) is 7.86. The number of benzene rings is 1. The van der Waals surface area contributed by atoms with Crippen molar-refractivity contribution >= 4 is 68.6 Å². The van der Waals surface area contributed by atoms with E-state index in [4.69, 9.17) is 35.8 Å². The van der Waals surface area contributed by atoms with Gasteiger partial charge in [0, 0.05) is 102 Å². The van der Waals surface area contributed by atoms with Gasteiger partial charge in [0.25, 0.3) is 0 Å². The second-order valence-corrected chi connectivity index (χ2v) is 18.2. The average molecular weight is 934 g/mol. The number of halogens is 1. The molecule has 1 unspecified atom stereocenters. The van der Waals surface area contributed by atoms with Crippen LogP contribution in [0.2, 0.25) is 5.02 Å². The summed E-state index contributed by atoms with van der Waals surface area (Å²) in [5.41, 5.74) is 9.74. The Morgan fingerprint density at radius 2 is 1.29 bits per heavy atom. The maximum atomic E-state index is 13.4. The molecule has 8 aromatic rings. The lowest BCUT2D eigenvalue weighted by Gasteiger charge is -2.42. The number of anilines is 2. The summed E-state index contributed by atoms with van der Waals surface area (Å²) in [6, 6.07) is 19.6. The summed E-state index contributed by atoms with van der Waals surface area (Å²) in [7, 11) is 1.60. The van der Waals surface area contributed by atoms with Crippen LogP contribution in [0.5, 0.6) is 5.88 Å². The van der Waals surface area contributed by atoms with Crippen molar-refractivity contribution in [2.45, 2.75) is 33.2 Å². The Bertz CT molecular complexity index is 3200. The van der Waals surface area contributed by atoms with Crippen molar-refractivity contribution in [2.75, 3.05) is 69.5 Å². The Morgan fingerprint density at radius 1 is 0.735 bits per heavy atom. The van der Waals surface area contributed by atoms with Crippen molar-refractivity contribution < 1.29 is 24.1 Å². The smallest absolute Gasteiger partial charge is 0.481 e. The minimum atomic E-state index is -0.924. The summed E-state index contributed by atoms with van der Waals surface area (Å²) in [6.45, 7) is 13.5. The van der Waals surface area contributed by atoms with Crippen molar-refractivity contribution in [3.63, 3.8) is 0 Å². The number of methoxy groups -OCH3 is 1. The second kappa shape index (κ2) is 18.1. The number of aryl methyl sites for hydroxylation is 1. The zero-order chi connectivity index (χ0) is 47.2. The Balaban J connectivity index is 0.000000163. The first-order valence-corrected chi connectivity index (χ1v) is 22.7. The fraction of sp³-hybridized carbons (Fsp3) is 0.280. The summed E-state index contributed by atoms with van der Waals surface area (Å²) in [4.78, 5) is 41.5. The molecule has 0 radical (unpaired) electrons. The van der Waals surface area contributed by atoms with Gasteiger partial charge in [0.05, 0.1) is 49.9 Å². The molecule has 1 atom stereocenters. The van der Waals surface area contributed by atoms with E-state index < -0.39 is 11.6 Å². The van der Waals surface area contributed by atoms with Crippen LogP contribution in [0, 0.1) is 6.92 Å². The number of aromatic amines is 2. The van der Waals surface area contributed by atoms with E-state index in [0.717, 1.165) is 91.6 Å².